The number of hydrogen-bond acceptors (Lipinski definition) is 5. The van der Waals surface area contributed by atoms with Crippen molar-refractivity contribution in [1.29, 1.82) is 0 Å². The summed E-state index contributed by atoms with van der Waals surface area (Å²) in [6.07, 6.45) is 2.32. The molecule has 7 heteroatoms. The van der Waals surface area contributed by atoms with Crippen LogP contribution in [0.5, 0.6) is 0 Å². The van der Waals surface area contributed by atoms with Gasteiger partial charge in [-0.15, -0.1) is 0 Å². The van der Waals surface area contributed by atoms with Crippen molar-refractivity contribution < 1.29 is 4.74 Å². The minimum absolute atomic E-state index is 0.0729. The highest BCUT2D eigenvalue weighted by atomic mass is 35.5. The SMILES string of the molecule is COCC(N)Cc1cc(-c2nc(Cl)ncc2C)[nH]n1. The first-order chi connectivity index (χ1) is 9.10. The number of halogens is 1. The molecule has 6 nitrogen and oxygen atoms in total. The van der Waals surface area contributed by atoms with E-state index in [-0.39, 0.29) is 11.3 Å². The molecule has 0 radical (unpaired) electrons. The number of hydrogen-bond donors (Lipinski definition) is 2. The second kappa shape index (κ2) is 6.10. The largest absolute Gasteiger partial charge is 0.383 e. The quantitative estimate of drug-likeness (QED) is 0.807. The van der Waals surface area contributed by atoms with Gasteiger partial charge in [0.1, 0.15) is 0 Å². The summed E-state index contributed by atoms with van der Waals surface area (Å²) >= 11 is 5.81. The molecular weight excluding hydrogens is 266 g/mol. The normalized spacial score (nSPS) is 12.6. The first-order valence-corrected chi connectivity index (χ1v) is 6.26. The third kappa shape index (κ3) is 3.50. The van der Waals surface area contributed by atoms with Crippen molar-refractivity contribution in [1.82, 2.24) is 20.2 Å². The van der Waals surface area contributed by atoms with Gasteiger partial charge in [0, 0.05) is 25.8 Å². The molecule has 3 N–H and O–H groups in total. The van der Waals surface area contributed by atoms with Crippen LogP contribution in [-0.2, 0) is 11.2 Å². The number of nitrogens with zero attached hydrogens (tertiary/aromatic N) is 3. The average molecular weight is 282 g/mol. The Kier molecular flexibility index (Phi) is 4.47. The standard InChI is InChI=1S/C12H16ClN5O/c1-7-5-15-12(13)16-11(7)10-4-9(17-18-10)3-8(14)6-19-2/h4-5,8H,3,6,14H2,1-2H3,(H,17,18). The van der Waals surface area contributed by atoms with Crippen LogP contribution in [0.1, 0.15) is 11.3 Å². The molecule has 0 amide bonds. The number of aryl methyl sites for hydroxylation is 1. The second-order valence-corrected chi connectivity index (χ2v) is 4.70. The van der Waals surface area contributed by atoms with E-state index in [1.54, 1.807) is 13.3 Å². The zero-order valence-electron chi connectivity index (χ0n) is 10.9. The molecule has 0 saturated carbocycles. The van der Waals surface area contributed by atoms with Crippen molar-refractivity contribution in [3.05, 3.63) is 28.8 Å². The lowest BCUT2D eigenvalue weighted by Gasteiger charge is -2.07. The van der Waals surface area contributed by atoms with Gasteiger partial charge in [-0.2, -0.15) is 5.10 Å². The summed E-state index contributed by atoms with van der Waals surface area (Å²) in [6, 6.07) is 1.84. The van der Waals surface area contributed by atoms with Gasteiger partial charge in [0.2, 0.25) is 5.28 Å². The fourth-order valence-corrected chi connectivity index (χ4v) is 1.96. The summed E-state index contributed by atoms with van der Waals surface area (Å²) in [7, 11) is 1.63. The van der Waals surface area contributed by atoms with Gasteiger partial charge < -0.3 is 10.5 Å². The van der Waals surface area contributed by atoms with E-state index in [4.69, 9.17) is 22.1 Å². The molecule has 0 aliphatic rings. The molecule has 1 atom stereocenters. The highest BCUT2D eigenvalue weighted by Gasteiger charge is 2.11. The molecule has 19 heavy (non-hydrogen) atoms. The first kappa shape index (κ1) is 13.9. The minimum Gasteiger partial charge on any atom is -0.383 e. The van der Waals surface area contributed by atoms with Crippen molar-refractivity contribution in [2.45, 2.75) is 19.4 Å². The number of nitrogens with one attached hydrogen (secondary N) is 1. The Balaban J connectivity index is 2.18. The zero-order valence-corrected chi connectivity index (χ0v) is 11.6. The Morgan fingerprint density at radius 3 is 3.05 bits per heavy atom. The monoisotopic (exact) mass is 281 g/mol. The highest BCUT2D eigenvalue weighted by molar-refractivity contribution is 6.28. The lowest BCUT2D eigenvalue weighted by atomic mass is 10.1. The Morgan fingerprint density at radius 1 is 1.53 bits per heavy atom. The number of methoxy groups -OCH3 is 1. The molecule has 2 rings (SSSR count). The Morgan fingerprint density at radius 2 is 2.32 bits per heavy atom. The number of aromatic amines is 1. The summed E-state index contributed by atoms with van der Waals surface area (Å²) < 4.78 is 5.00. The van der Waals surface area contributed by atoms with Crippen LogP contribution in [0, 0.1) is 6.92 Å². The fourth-order valence-electron chi connectivity index (χ4n) is 1.82. The molecule has 2 aromatic rings. The van der Waals surface area contributed by atoms with Crippen LogP contribution in [0.2, 0.25) is 5.28 Å². The second-order valence-electron chi connectivity index (χ2n) is 4.36. The lowest BCUT2D eigenvalue weighted by molar-refractivity contribution is 0.179. The topological polar surface area (TPSA) is 89.7 Å². The molecule has 0 aliphatic heterocycles. The van der Waals surface area contributed by atoms with Gasteiger partial charge in [0.15, 0.2) is 0 Å². The van der Waals surface area contributed by atoms with E-state index in [1.165, 1.54) is 0 Å². The maximum atomic E-state index is 5.89. The zero-order chi connectivity index (χ0) is 13.8. The number of aromatic nitrogens is 4. The summed E-state index contributed by atoms with van der Waals surface area (Å²) in [5.41, 5.74) is 9.25. The lowest BCUT2D eigenvalue weighted by Crippen LogP contribution is -2.28. The molecule has 102 valence electrons. The van der Waals surface area contributed by atoms with Crippen LogP contribution >= 0.6 is 11.6 Å². The molecule has 0 spiro atoms. The molecular formula is C12H16ClN5O. The van der Waals surface area contributed by atoms with Crippen LogP contribution in [0.4, 0.5) is 0 Å². The van der Waals surface area contributed by atoms with E-state index in [2.05, 4.69) is 20.2 Å². The van der Waals surface area contributed by atoms with Crippen LogP contribution in [0.25, 0.3) is 11.4 Å². The van der Waals surface area contributed by atoms with Crippen LogP contribution < -0.4 is 5.73 Å². The number of H-pyrrole nitrogens is 1. The predicted molar refractivity (Wildman–Crippen MR) is 72.9 cm³/mol. The van der Waals surface area contributed by atoms with E-state index in [1.807, 2.05) is 13.0 Å². The molecule has 0 saturated heterocycles. The minimum atomic E-state index is -0.0729. The third-order valence-corrected chi connectivity index (χ3v) is 2.86. The molecule has 1 unspecified atom stereocenters. The van der Waals surface area contributed by atoms with Crippen molar-refractivity contribution in [2.24, 2.45) is 5.73 Å². The van der Waals surface area contributed by atoms with Crippen molar-refractivity contribution in [3.63, 3.8) is 0 Å². The van der Waals surface area contributed by atoms with Gasteiger partial charge in [0.25, 0.3) is 0 Å². The maximum absolute atomic E-state index is 5.89. The summed E-state index contributed by atoms with van der Waals surface area (Å²) in [4.78, 5) is 8.13. The van der Waals surface area contributed by atoms with Crippen molar-refractivity contribution in [3.8, 4) is 11.4 Å². The molecule has 0 fully saturated rings. The van der Waals surface area contributed by atoms with E-state index >= 15 is 0 Å². The van der Waals surface area contributed by atoms with Gasteiger partial charge in [-0.25, -0.2) is 9.97 Å². The third-order valence-electron chi connectivity index (χ3n) is 2.68. The first-order valence-electron chi connectivity index (χ1n) is 5.88. The number of rotatable bonds is 5. The Labute approximate surface area is 116 Å². The Bertz CT molecular complexity index is 557. The molecule has 2 aromatic heterocycles. The molecule has 0 aromatic carbocycles. The summed E-state index contributed by atoms with van der Waals surface area (Å²) in [6.45, 7) is 2.42. The number of ether oxygens (including phenoxy) is 1. The highest BCUT2D eigenvalue weighted by Crippen LogP contribution is 2.20. The van der Waals surface area contributed by atoms with E-state index < -0.39 is 0 Å². The van der Waals surface area contributed by atoms with Crippen molar-refractivity contribution in [2.75, 3.05) is 13.7 Å². The summed E-state index contributed by atoms with van der Waals surface area (Å²) in [5, 5.41) is 7.38. The van der Waals surface area contributed by atoms with Crippen LogP contribution in [-0.4, -0.2) is 39.9 Å². The van der Waals surface area contributed by atoms with Crippen LogP contribution in [0.15, 0.2) is 12.3 Å². The van der Waals surface area contributed by atoms with E-state index in [0.717, 1.165) is 22.6 Å². The van der Waals surface area contributed by atoms with E-state index in [9.17, 15) is 0 Å². The molecule has 0 aliphatic carbocycles. The predicted octanol–water partition coefficient (Wildman–Crippen LogP) is 1.34. The molecule has 2 heterocycles. The van der Waals surface area contributed by atoms with Gasteiger partial charge in [-0.3, -0.25) is 5.10 Å². The Hall–Kier alpha value is -1.50. The van der Waals surface area contributed by atoms with Crippen LogP contribution in [0.3, 0.4) is 0 Å². The summed E-state index contributed by atoms with van der Waals surface area (Å²) in [5.74, 6) is 0. The smallest absolute Gasteiger partial charge is 0.222 e. The fraction of sp³-hybridized carbons (Fsp3) is 0.417. The number of nitrogens with two attached hydrogens (primary N) is 1. The maximum Gasteiger partial charge on any atom is 0.222 e. The molecule has 0 bridgehead atoms. The van der Waals surface area contributed by atoms with Crippen molar-refractivity contribution >= 4 is 11.6 Å². The van der Waals surface area contributed by atoms with Gasteiger partial charge in [0.05, 0.1) is 23.7 Å². The van der Waals surface area contributed by atoms with Gasteiger partial charge in [-0.1, -0.05) is 0 Å². The van der Waals surface area contributed by atoms with Gasteiger partial charge >= 0.3 is 0 Å². The van der Waals surface area contributed by atoms with E-state index in [0.29, 0.717) is 13.0 Å². The average Bonchev–Trinajstić information content (AvgIpc) is 2.81. The van der Waals surface area contributed by atoms with Gasteiger partial charge in [-0.05, 0) is 30.2 Å².